The number of hydrogen-bond acceptors (Lipinski definition) is 4. The van der Waals surface area contributed by atoms with Crippen molar-refractivity contribution in [2.45, 2.75) is 46.1 Å². The molecule has 0 amide bonds. The number of hydrogen-bond donors (Lipinski definition) is 2. The van der Waals surface area contributed by atoms with E-state index in [0.717, 1.165) is 66.1 Å². The van der Waals surface area contributed by atoms with Crippen molar-refractivity contribution in [2.75, 3.05) is 26.7 Å². The second-order valence-electron chi connectivity index (χ2n) is 8.68. The van der Waals surface area contributed by atoms with E-state index in [1.807, 2.05) is 19.9 Å². The van der Waals surface area contributed by atoms with Gasteiger partial charge in [-0.25, -0.2) is 4.39 Å². The van der Waals surface area contributed by atoms with Crippen LogP contribution in [0.2, 0.25) is 0 Å². The van der Waals surface area contributed by atoms with Gasteiger partial charge in [-0.15, -0.1) is 0 Å². The Labute approximate surface area is 185 Å². The molecule has 1 unspecified atom stereocenters. The SMILES string of the molecule is C=C(CN(C)CC1CCN1)/N=C(\C)Cc1ccc(-c2cc(F)c(O)cc2CC)cc1C. The fourth-order valence-corrected chi connectivity index (χ4v) is 4.11. The first-order valence-electron chi connectivity index (χ1n) is 11.0. The number of nitrogens with one attached hydrogen (secondary N) is 1. The van der Waals surface area contributed by atoms with Crippen molar-refractivity contribution < 1.29 is 9.50 Å². The van der Waals surface area contributed by atoms with E-state index in [4.69, 9.17) is 4.99 Å². The van der Waals surface area contributed by atoms with Gasteiger partial charge in [0.25, 0.3) is 0 Å². The van der Waals surface area contributed by atoms with Gasteiger partial charge in [0.2, 0.25) is 0 Å². The average molecular weight is 424 g/mol. The van der Waals surface area contributed by atoms with Gasteiger partial charge >= 0.3 is 0 Å². The van der Waals surface area contributed by atoms with Crippen LogP contribution in [-0.4, -0.2) is 48.4 Å². The number of rotatable bonds is 9. The smallest absolute Gasteiger partial charge is 0.165 e. The summed E-state index contributed by atoms with van der Waals surface area (Å²) in [6.07, 6.45) is 2.72. The number of aryl methyl sites for hydroxylation is 2. The first-order valence-corrected chi connectivity index (χ1v) is 11.0. The van der Waals surface area contributed by atoms with Crippen molar-refractivity contribution in [3.05, 3.63) is 65.1 Å². The van der Waals surface area contributed by atoms with Crippen molar-refractivity contribution in [1.29, 1.82) is 0 Å². The molecule has 1 fully saturated rings. The Morgan fingerprint density at radius 1 is 1.29 bits per heavy atom. The molecule has 0 saturated carbocycles. The molecule has 2 aromatic rings. The molecule has 0 aromatic heterocycles. The molecule has 0 aliphatic carbocycles. The van der Waals surface area contributed by atoms with Crippen molar-refractivity contribution in [3.63, 3.8) is 0 Å². The first kappa shape index (κ1) is 23.2. The molecular weight excluding hydrogens is 389 g/mol. The maximum atomic E-state index is 14.0. The van der Waals surface area contributed by atoms with Crippen molar-refractivity contribution in [3.8, 4) is 16.9 Å². The Kier molecular flexibility index (Phi) is 7.63. The number of benzene rings is 2. The summed E-state index contributed by atoms with van der Waals surface area (Å²) in [5.74, 6) is -0.885. The number of likely N-dealkylation sites (N-methyl/N-ethyl adjacent to an activating group) is 1. The molecule has 1 aliphatic rings. The van der Waals surface area contributed by atoms with Gasteiger partial charge in [0.1, 0.15) is 0 Å². The molecule has 1 heterocycles. The minimum Gasteiger partial charge on any atom is -0.505 e. The highest BCUT2D eigenvalue weighted by Crippen LogP contribution is 2.31. The molecule has 166 valence electrons. The molecule has 5 heteroatoms. The Morgan fingerprint density at radius 3 is 2.65 bits per heavy atom. The summed E-state index contributed by atoms with van der Waals surface area (Å²) in [5.41, 5.74) is 6.96. The summed E-state index contributed by atoms with van der Waals surface area (Å²) < 4.78 is 14.0. The quantitative estimate of drug-likeness (QED) is 0.565. The molecule has 2 N–H and O–H groups in total. The fraction of sp³-hybridized carbons (Fsp3) is 0.423. The molecule has 4 nitrogen and oxygen atoms in total. The Hall–Kier alpha value is -2.50. The van der Waals surface area contributed by atoms with Crippen LogP contribution in [0.1, 0.15) is 37.0 Å². The predicted octanol–water partition coefficient (Wildman–Crippen LogP) is 4.88. The lowest BCUT2D eigenvalue weighted by Crippen LogP contribution is -2.49. The van der Waals surface area contributed by atoms with E-state index in [-0.39, 0.29) is 5.75 Å². The van der Waals surface area contributed by atoms with Crippen LogP contribution in [0.25, 0.3) is 11.1 Å². The van der Waals surface area contributed by atoms with Gasteiger partial charge < -0.3 is 10.4 Å². The van der Waals surface area contributed by atoms with E-state index in [0.29, 0.717) is 6.04 Å². The van der Waals surface area contributed by atoms with Crippen LogP contribution >= 0.6 is 0 Å². The largest absolute Gasteiger partial charge is 0.505 e. The molecule has 0 radical (unpaired) electrons. The van der Waals surface area contributed by atoms with Crippen LogP contribution in [0, 0.1) is 12.7 Å². The van der Waals surface area contributed by atoms with Gasteiger partial charge in [0, 0.05) is 37.0 Å². The van der Waals surface area contributed by atoms with Crippen LogP contribution in [0.4, 0.5) is 4.39 Å². The topological polar surface area (TPSA) is 47.9 Å². The fourth-order valence-electron chi connectivity index (χ4n) is 4.11. The Bertz CT molecular complexity index is 979. The van der Waals surface area contributed by atoms with Gasteiger partial charge in [-0.2, -0.15) is 0 Å². The summed E-state index contributed by atoms with van der Waals surface area (Å²) in [6.45, 7) is 13.2. The molecule has 1 saturated heterocycles. The van der Waals surface area contributed by atoms with E-state index < -0.39 is 5.82 Å². The number of aromatic hydroxyl groups is 1. The van der Waals surface area contributed by atoms with E-state index in [9.17, 15) is 9.50 Å². The summed E-state index contributed by atoms with van der Waals surface area (Å²) in [4.78, 5) is 6.98. The molecule has 0 spiro atoms. The highest BCUT2D eigenvalue weighted by Gasteiger charge is 2.18. The minimum absolute atomic E-state index is 0.296. The van der Waals surface area contributed by atoms with Crippen LogP contribution in [0.15, 0.2) is 47.6 Å². The summed E-state index contributed by atoms with van der Waals surface area (Å²) in [7, 11) is 2.11. The highest BCUT2D eigenvalue weighted by atomic mass is 19.1. The second kappa shape index (κ2) is 10.2. The number of aliphatic imine (C=N–C) groups is 1. The van der Waals surface area contributed by atoms with E-state index in [1.165, 1.54) is 24.1 Å². The molecule has 1 atom stereocenters. The third kappa shape index (κ3) is 6.02. The molecular formula is C26H34FN3O. The van der Waals surface area contributed by atoms with Gasteiger partial charge in [0.05, 0.1) is 0 Å². The number of phenolic OH excluding ortho intramolecular Hbond substituents is 1. The lowest BCUT2D eigenvalue weighted by molar-refractivity contribution is 0.253. The van der Waals surface area contributed by atoms with E-state index in [2.05, 4.69) is 42.9 Å². The van der Waals surface area contributed by atoms with E-state index in [1.54, 1.807) is 0 Å². The summed E-state index contributed by atoms with van der Waals surface area (Å²) in [6, 6.07) is 9.74. The maximum absolute atomic E-state index is 14.0. The maximum Gasteiger partial charge on any atom is 0.165 e. The normalized spacial score (nSPS) is 16.5. The standard InChI is InChI=1S/C26H34FN3O/c1-6-20-13-26(31)25(27)14-24(20)22-8-7-21(17(2)11-22)12-18(3)29-19(4)15-30(5)16-23-9-10-28-23/h7-8,11,13-14,23,28,31H,4,6,9-10,12,15-16H2,1-3,5H3/b29-18+. The molecule has 31 heavy (non-hydrogen) atoms. The van der Waals surface area contributed by atoms with Gasteiger partial charge in [-0.3, -0.25) is 9.89 Å². The minimum atomic E-state index is -0.589. The van der Waals surface area contributed by atoms with Crippen LogP contribution in [0.5, 0.6) is 5.75 Å². The van der Waals surface area contributed by atoms with Crippen LogP contribution in [-0.2, 0) is 12.8 Å². The number of halogens is 1. The highest BCUT2D eigenvalue weighted by molar-refractivity contribution is 5.85. The monoisotopic (exact) mass is 423 g/mol. The second-order valence-corrected chi connectivity index (χ2v) is 8.68. The molecule has 2 aromatic carbocycles. The zero-order chi connectivity index (χ0) is 22.5. The van der Waals surface area contributed by atoms with Crippen molar-refractivity contribution >= 4 is 5.71 Å². The lowest BCUT2D eigenvalue weighted by atomic mass is 9.93. The number of nitrogens with zero attached hydrogens (tertiary/aromatic N) is 2. The van der Waals surface area contributed by atoms with Gasteiger partial charge in [0.15, 0.2) is 11.6 Å². The molecule has 3 rings (SSSR count). The summed E-state index contributed by atoms with van der Waals surface area (Å²) >= 11 is 0. The van der Waals surface area contributed by atoms with Gasteiger partial charge in [-0.05, 0) is 80.2 Å². The van der Waals surface area contributed by atoms with Gasteiger partial charge in [-0.1, -0.05) is 31.7 Å². The molecule has 0 bridgehead atoms. The molecule has 1 aliphatic heterocycles. The predicted molar refractivity (Wildman–Crippen MR) is 127 cm³/mol. The van der Waals surface area contributed by atoms with Crippen LogP contribution in [0.3, 0.4) is 0 Å². The van der Waals surface area contributed by atoms with E-state index >= 15 is 0 Å². The Morgan fingerprint density at radius 2 is 2.03 bits per heavy atom. The third-order valence-electron chi connectivity index (χ3n) is 5.91. The average Bonchev–Trinajstić information content (AvgIpc) is 2.68. The zero-order valence-electron chi connectivity index (χ0n) is 19.1. The van der Waals surface area contributed by atoms with Crippen molar-refractivity contribution in [1.82, 2.24) is 10.2 Å². The van der Waals surface area contributed by atoms with Crippen LogP contribution < -0.4 is 5.32 Å². The lowest BCUT2D eigenvalue weighted by Gasteiger charge is -2.31. The first-order chi connectivity index (χ1) is 14.8. The third-order valence-corrected chi connectivity index (χ3v) is 5.91. The van der Waals surface area contributed by atoms with Crippen molar-refractivity contribution in [2.24, 2.45) is 4.99 Å². The number of phenols is 1. The summed E-state index contributed by atoms with van der Waals surface area (Å²) in [5, 5.41) is 13.1. The Balaban J connectivity index is 1.68. The zero-order valence-corrected chi connectivity index (χ0v) is 19.1.